The van der Waals surface area contributed by atoms with Gasteiger partial charge >= 0.3 is 5.82 Å². The molecule has 6 rings (SSSR count). The van der Waals surface area contributed by atoms with Gasteiger partial charge in [0.2, 0.25) is 0 Å². The highest BCUT2D eigenvalue weighted by Gasteiger charge is 2.09. The smallest absolute Gasteiger partial charge is 0.350 e. The molecule has 0 amide bonds. The second-order valence-corrected chi connectivity index (χ2v) is 11.7. The first kappa shape index (κ1) is 32.9. The number of aromatic nitrogens is 4. The number of nitrogens with two attached hydrogens (primary N) is 1. The molecule has 10 nitrogen and oxygen atoms in total. The zero-order chi connectivity index (χ0) is 33.5. The van der Waals surface area contributed by atoms with E-state index in [1.54, 1.807) is 0 Å². The van der Waals surface area contributed by atoms with Crippen molar-refractivity contribution >= 4 is 22.9 Å². The molecule has 0 aliphatic carbocycles. The molecule has 0 fully saturated rings. The number of hydrogen-bond donors (Lipinski definition) is 1. The Kier molecular flexibility index (Phi) is 11.6. The van der Waals surface area contributed by atoms with E-state index in [1.165, 1.54) is 0 Å². The molecular formula is C39H43N10+3. The third-order valence-electron chi connectivity index (χ3n) is 7.99. The van der Waals surface area contributed by atoms with Crippen molar-refractivity contribution in [3.05, 3.63) is 159 Å². The van der Waals surface area contributed by atoms with Crippen LogP contribution in [0.2, 0.25) is 0 Å². The highest BCUT2D eigenvalue weighted by molar-refractivity contribution is 5.46. The number of quaternary nitrogens is 1. The summed E-state index contributed by atoms with van der Waals surface area (Å²) in [4.78, 5) is 2.23. The summed E-state index contributed by atoms with van der Waals surface area (Å²) >= 11 is 0. The highest BCUT2D eigenvalue weighted by Crippen LogP contribution is 2.20. The molecule has 0 saturated carbocycles. The monoisotopic (exact) mass is 651 g/mol. The van der Waals surface area contributed by atoms with Gasteiger partial charge in [0.1, 0.15) is 17.6 Å². The average molecular weight is 652 g/mol. The number of aryl methyl sites for hydroxylation is 2. The fourth-order valence-corrected chi connectivity index (χ4v) is 5.33. The van der Waals surface area contributed by atoms with Gasteiger partial charge in [-0.3, -0.25) is 0 Å². The zero-order valence-electron chi connectivity index (χ0n) is 27.9. The third kappa shape index (κ3) is 9.99. The van der Waals surface area contributed by atoms with Gasteiger partial charge in [0.25, 0.3) is 0 Å². The maximum atomic E-state index is 4.54. The summed E-state index contributed by atoms with van der Waals surface area (Å²) < 4.78 is 8.46. The van der Waals surface area contributed by atoms with Crippen LogP contribution in [0.1, 0.15) is 12.8 Å². The van der Waals surface area contributed by atoms with Crippen LogP contribution in [-0.2, 0) is 13.1 Å². The summed E-state index contributed by atoms with van der Waals surface area (Å²) in [5.41, 5.74) is 4.69. The molecule has 2 N–H and O–H groups in total. The summed E-state index contributed by atoms with van der Waals surface area (Å²) in [7, 11) is 2.12. The lowest BCUT2D eigenvalue weighted by atomic mass is 10.3. The van der Waals surface area contributed by atoms with E-state index >= 15 is 0 Å². The van der Waals surface area contributed by atoms with Gasteiger partial charge in [0, 0.05) is 68.3 Å². The molecule has 0 bridgehead atoms. The van der Waals surface area contributed by atoms with Crippen molar-refractivity contribution in [2.75, 3.05) is 20.1 Å². The molecule has 0 unspecified atom stereocenters. The molecule has 4 aromatic heterocycles. The van der Waals surface area contributed by atoms with E-state index in [1.807, 2.05) is 134 Å². The fraction of sp³-hybridized carbons (Fsp3) is 0.179. The van der Waals surface area contributed by atoms with Crippen LogP contribution in [0.4, 0.5) is 22.9 Å². The lowest BCUT2D eigenvalue weighted by Gasteiger charge is -2.12. The number of benzene rings is 2. The number of rotatable bonds is 16. The van der Waals surface area contributed by atoms with Crippen LogP contribution >= 0.6 is 0 Å². The number of nitrogens with zero attached hydrogens (tertiary/aromatic N) is 9. The summed E-state index contributed by atoms with van der Waals surface area (Å²) in [5, 5.41) is 20.1. The quantitative estimate of drug-likeness (QED) is 0.0675. The minimum absolute atomic E-state index is 0.827. The molecule has 246 valence electrons. The summed E-state index contributed by atoms with van der Waals surface area (Å²) in [6.45, 7) is 3.72. The summed E-state index contributed by atoms with van der Waals surface area (Å²) in [6, 6.07) is 34.2. The van der Waals surface area contributed by atoms with Crippen LogP contribution in [0.15, 0.2) is 179 Å². The van der Waals surface area contributed by atoms with E-state index in [0.29, 0.717) is 0 Å². The Morgan fingerprint density at radius 1 is 0.633 bits per heavy atom. The molecule has 2 aromatic carbocycles. The minimum Gasteiger partial charge on any atom is -0.376 e. The van der Waals surface area contributed by atoms with Gasteiger partial charge in [-0.15, -0.1) is 5.11 Å². The molecule has 49 heavy (non-hydrogen) atoms. The van der Waals surface area contributed by atoms with Gasteiger partial charge in [-0.05, 0) is 90.0 Å². The van der Waals surface area contributed by atoms with Crippen LogP contribution in [0.3, 0.4) is 0 Å². The van der Waals surface area contributed by atoms with Crippen molar-refractivity contribution in [2.24, 2.45) is 20.5 Å². The first-order valence-corrected chi connectivity index (χ1v) is 16.7. The van der Waals surface area contributed by atoms with Gasteiger partial charge in [-0.1, -0.05) is 6.07 Å². The van der Waals surface area contributed by atoms with Crippen LogP contribution < -0.4 is 14.5 Å². The normalized spacial score (nSPS) is 11.7. The Morgan fingerprint density at radius 3 is 1.94 bits per heavy atom. The molecule has 6 aromatic rings. The molecule has 0 aliphatic rings. The first-order valence-electron chi connectivity index (χ1n) is 16.7. The Labute approximate surface area is 287 Å². The van der Waals surface area contributed by atoms with Gasteiger partial charge in [0.05, 0.1) is 42.7 Å². The van der Waals surface area contributed by atoms with Gasteiger partial charge < -0.3 is 19.4 Å². The minimum atomic E-state index is 0.827. The second kappa shape index (κ2) is 17.2. The Balaban J connectivity index is 0.885. The van der Waals surface area contributed by atoms with Gasteiger partial charge in [0.15, 0.2) is 18.9 Å². The molecule has 4 heterocycles. The number of hydrogen-bond acceptors (Lipinski definition) is 5. The maximum absolute atomic E-state index is 4.54. The van der Waals surface area contributed by atoms with E-state index in [2.05, 4.69) is 80.8 Å². The van der Waals surface area contributed by atoms with Crippen molar-refractivity contribution in [1.82, 2.24) is 14.0 Å². The van der Waals surface area contributed by atoms with Crippen LogP contribution in [-0.4, -0.2) is 34.2 Å². The standard InChI is InChI=1S/C39H42N10/c1-45(23-10-31-49-30-3-2-12-39(49)44-42-35-15-19-38(20-16-35)48-28-6-7-29-48)32-22-40-21-9-25-46-24-8-11-36(33-46)43-41-34-13-17-37(18-14-34)47-26-4-5-27-47/h2-8,11-20,22,24,26-30,32-33,40H,9-10,21,23,25,31H2,1H3/q+2/p+1/b32-22-,43-41?. The maximum Gasteiger partial charge on any atom is 0.350 e. The lowest BCUT2D eigenvalue weighted by Crippen LogP contribution is -2.78. The lowest BCUT2D eigenvalue weighted by molar-refractivity contribution is -0.703. The Bertz CT molecular complexity index is 1940. The van der Waals surface area contributed by atoms with E-state index in [0.717, 1.165) is 73.3 Å². The molecule has 0 radical (unpaired) electrons. The average Bonchev–Trinajstić information content (AvgIpc) is 3.89. The van der Waals surface area contributed by atoms with Crippen LogP contribution in [0, 0.1) is 0 Å². The van der Waals surface area contributed by atoms with Crippen molar-refractivity contribution in [3.63, 3.8) is 0 Å². The number of azo groups is 2. The number of pyridine rings is 2. The van der Waals surface area contributed by atoms with Crippen molar-refractivity contribution in [2.45, 2.75) is 25.9 Å². The zero-order valence-corrected chi connectivity index (χ0v) is 27.9. The van der Waals surface area contributed by atoms with Gasteiger partial charge in [-0.25, -0.2) is 9.13 Å². The van der Waals surface area contributed by atoms with E-state index in [4.69, 9.17) is 0 Å². The van der Waals surface area contributed by atoms with E-state index in [9.17, 15) is 0 Å². The third-order valence-corrected chi connectivity index (χ3v) is 7.99. The molecule has 0 saturated heterocycles. The SMILES string of the molecule is CN(/C=C\[NH2+]CCC[n+]1cccc(N=Nc2ccc(-n3cccc3)cc2)c1)CCC[n+]1ccccc1N=Nc1ccc(-n2cccc2)cc1. The molecule has 0 spiro atoms. The van der Waals surface area contributed by atoms with Crippen molar-refractivity contribution < 1.29 is 14.5 Å². The topological polar surface area (TPSA) is 86.9 Å². The van der Waals surface area contributed by atoms with Crippen LogP contribution in [0.5, 0.6) is 0 Å². The molecule has 10 heteroatoms. The predicted molar refractivity (Wildman–Crippen MR) is 191 cm³/mol. The van der Waals surface area contributed by atoms with Gasteiger partial charge in [-0.2, -0.15) is 5.11 Å². The predicted octanol–water partition coefficient (Wildman–Crippen LogP) is 7.12. The first-order chi connectivity index (χ1) is 24.2. The molecular weight excluding hydrogens is 608 g/mol. The Morgan fingerprint density at radius 2 is 1.27 bits per heavy atom. The van der Waals surface area contributed by atoms with Crippen molar-refractivity contribution in [3.8, 4) is 11.4 Å². The van der Waals surface area contributed by atoms with Crippen molar-refractivity contribution in [1.29, 1.82) is 0 Å². The fourth-order valence-electron chi connectivity index (χ4n) is 5.33. The second-order valence-electron chi connectivity index (χ2n) is 11.7. The largest absolute Gasteiger partial charge is 0.376 e. The molecule has 0 atom stereocenters. The van der Waals surface area contributed by atoms with E-state index < -0.39 is 0 Å². The summed E-state index contributed by atoms with van der Waals surface area (Å²) in [6.07, 6.45) is 20.6. The Hall–Kier alpha value is -6.00. The summed E-state index contributed by atoms with van der Waals surface area (Å²) in [5.74, 6) is 0.841. The van der Waals surface area contributed by atoms with Crippen LogP contribution in [0.25, 0.3) is 11.4 Å². The van der Waals surface area contributed by atoms with E-state index in [-0.39, 0.29) is 0 Å². The molecule has 0 aliphatic heterocycles. The highest BCUT2D eigenvalue weighted by atomic mass is 15.2.